The highest BCUT2D eigenvalue weighted by Crippen LogP contribution is 2.43. The van der Waals surface area contributed by atoms with Gasteiger partial charge in [0.05, 0.1) is 27.7 Å². The van der Waals surface area contributed by atoms with Crippen LogP contribution in [0.5, 0.6) is 0 Å². The molecule has 0 aromatic carbocycles. The number of hydrogen-bond acceptors (Lipinski definition) is 7. The molecular weight excluding hydrogens is 798 g/mol. The molecule has 0 fully saturated rings. The predicted octanol–water partition coefficient (Wildman–Crippen LogP) is 15.7. The van der Waals surface area contributed by atoms with Gasteiger partial charge >= 0.3 is 19.8 Å². The molecule has 0 radical (unpaired) electrons. The van der Waals surface area contributed by atoms with Crippen LogP contribution in [0.3, 0.4) is 0 Å². The number of unbranched alkanes of at least 4 members (excludes halogenated alkanes) is 33. The SMILES string of the molecule is CCCCCCCC/C=C\CCCCCCCCCCCC(=O)O[C@H](COC(=O)CCCCCCCCCCCCCCCCCCCCC)COP(=O)(O)OCC[N+](C)(C)C. The van der Waals surface area contributed by atoms with Crippen LogP contribution in [-0.2, 0) is 32.7 Å². The largest absolute Gasteiger partial charge is 0.472 e. The number of phosphoric acid groups is 1. The third-order valence-electron chi connectivity index (χ3n) is 11.8. The predicted molar refractivity (Wildman–Crippen MR) is 261 cm³/mol. The van der Waals surface area contributed by atoms with Crippen LogP contribution >= 0.6 is 7.82 Å². The second-order valence-corrected chi connectivity index (χ2v) is 20.7. The van der Waals surface area contributed by atoms with Gasteiger partial charge in [0, 0.05) is 12.8 Å². The summed E-state index contributed by atoms with van der Waals surface area (Å²) in [6.45, 7) is 4.47. The number of ether oxygens (including phenoxy) is 2. The van der Waals surface area contributed by atoms with E-state index in [1.54, 1.807) is 0 Å². The highest BCUT2D eigenvalue weighted by molar-refractivity contribution is 7.47. The zero-order valence-corrected chi connectivity index (χ0v) is 42.5. The fraction of sp³-hybridized carbons (Fsp3) is 0.923. The summed E-state index contributed by atoms with van der Waals surface area (Å²) in [5.74, 6) is -0.784. The van der Waals surface area contributed by atoms with Crippen LogP contribution in [0.25, 0.3) is 0 Å². The van der Waals surface area contributed by atoms with Gasteiger partial charge in [0.15, 0.2) is 6.10 Å². The lowest BCUT2D eigenvalue weighted by atomic mass is 10.0. The molecule has 0 heterocycles. The Morgan fingerprint density at radius 3 is 1.19 bits per heavy atom. The third kappa shape index (κ3) is 48.2. The Morgan fingerprint density at radius 1 is 0.484 bits per heavy atom. The molecule has 62 heavy (non-hydrogen) atoms. The van der Waals surface area contributed by atoms with Gasteiger partial charge < -0.3 is 18.9 Å². The lowest BCUT2D eigenvalue weighted by Gasteiger charge is -2.24. The van der Waals surface area contributed by atoms with Crippen molar-refractivity contribution in [3.05, 3.63) is 12.2 Å². The van der Waals surface area contributed by atoms with Crippen LogP contribution in [0.2, 0.25) is 0 Å². The number of carbonyl (C=O) groups is 2. The molecule has 0 aliphatic rings. The maximum atomic E-state index is 12.8. The molecule has 0 spiro atoms. The molecule has 0 amide bonds. The summed E-state index contributed by atoms with van der Waals surface area (Å²) in [5, 5.41) is 0. The minimum atomic E-state index is -4.38. The van der Waals surface area contributed by atoms with E-state index in [-0.39, 0.29) is 25.6 Å². The molecule has 0 aromatic rings. The van der Waals surface area contributed by atoms with E-state index in [4.69, 9.17) is 18.5 Å². The fourth-order valence-electron chi connectivity index (χ4n) is 7.66. The highest BCUT2D eigenvalue weighted by Gasteiger charge is 2.27. The summed E-state index contributed by atoms with van der Waals surface area (Å²) < 4.78 is 34.5. The number of nitrogens with zero attached hydrogens (tertiary/aromatic N) is 1. The third-order valence-corrected chi connectivity index (χ3v) is 12.8. The normalized spacial score (nSPS) is 13.5. The first-order valence-corrected chi connectivity index (χ1v) is 27.9. The van der Waals surface area contributed by atoms with Crippen LogP contribution in [0, 0.1) is 0 Å². The van der Waals surface area contributed by atoms with Crippen molar-refractivity contribution in [3.63, 3.8) is 0 Å². The maximum Gasteiger partial charge on any atom is 0.472 e. The first kappa shape index (κ1) is 60.8. The first-order valence-electron chi connectivity index (χ1n) is 26.4. The van der Waals surface area contributed by atoms with Gasteiger partial charge in [-0.25, -0.2) is 4.57 Å². The van der Waals surface area contributed by atoms with E-state index in [2.05, 4.69) is 26.0 Å². The summed E-state index contributed by atoms with van der Waals surface area (Å²) in [6, 6.07) is 0. The number of phosphoric ester groups is 1. The molecule has 0 bridgehead atoms. The summed E-state index contributed by atoms with van der Waals surface area (Å²) in [7, 11) is 1.49. The molecule has 368 valence electrons. The molecule has 0 aliphatic carbocycles. The first-order chi connectivity index (χ1) is 30.0. The molecular formula is C52H103NO8P+. The van der Waals surface area contributed by atoms with Crippen LogP contribution in [0.4, 0.5) is 0 Å². The van der Waals surface area contributed by atoms with Crippen LogP contribution in [0.1, 0.15) is 258 Å². The Morgan fingerprint density at radius 2 is 0.823 bits per heavy atom. The second kappa shape index (κ2) is 44.9. The van der Waals surface area contributed by atoms with E-state index >= 15 is 0 Å². The van der Waals surface area contributed by atoms with E-state index in [1.165, 1.54) is 193 Å². The minimum Gasteiger partial charge on any atom is -0.462 e. The summed E-state index contributed by atoms with van der Waals surface area (Å²) in [5.41, 5.74) is 0. The molecule has 2 atom stereocenters. The quantitative estimate of drug-likeness (QED) is 0.0211. The van der Waals surface area contributed by atoms with Gasteiger partial charge in [0.25, 0.3) is 0 Å². The molecule has 10 heteroatoms. The van der Waals surface area contributed by atoms with Crippen LogP contribution in [0.15, 0.2) is 12.2 Å². The van der Waals surface area contributed by atoms with Crippen molar-refractivity contribution < 1.29 is 42.1 Å². The number of hydrogen-bond donors (Lipinski definition) is 1. The molecule has 1 N–H and O–H groups in total. The fourth-order valence-corrected chi connectivity index (χ4v) is 8.40. The Hall–Kier alpha value is -1.25. The van der Waals surface area contributed by atoms with Crippen molar-refractivity contribution >= 4 is 19.8 Å². The molecule has 0 saturated carbocycles. The summed E-state index contributed by atoms with van der Waals surface area (Å²) >= 11 is 0. The van der Waals surface area contributed by atoms with E-state index in [9.17, 15) is 19.0 Å². The van der Waals surface area contributed by atoms with Gasteiger partial charge in [-0.2, -0.15) is 0 Å². The Kier molecular flexibility index (Phi) is 44.0. The van der Waals surface area contributed by atoms with E-state index in [0.717, 1.165) is 32.1 Å². The van der Waals surface area contributed by atoms with E-state index in [1.807, 2.05) is 21.1 Å². The van der Waals surface area contributed by atoms with Gasteiger partial charge in [-0.3, -0.25) is 18.6 Å². The molecule has 9 nitrogen and oxygen atoms in total. The number of esters is 2. The maximum absolute atomic E-state index is 12.8. The monoisotopic (exact) mass is 901 g/mol. The molecule has 0 rings (SSSR count). The van der Waals surface area contributed by atoms with Crippen molar-refractivity contribution in [2.75, 3.05) is 47.5 Å². The summed E-state index contributed by atoms with van der Waals surface area (Å²) in [4.78, 5) is 35.6. The van der Waals surface area contributed by atoms with Crippen LogP contribution in [-0.4, -0.2) is 74.9 Å². The lowest BCUT2D eigenvalue weighted by molar-refractivity contribution is -0.870. The van der Waals surface area contributed by atoms with Gasteiger partial charge in [-0.05, 0) is 38.5 Å². The topological polar surface area (TPSA) is 108 Å². The zero-order valence-electron chi connectivity index (χ0n) is 41.6. The zero-order chi connectivity index (χ0) is 45.7. The van der Waals surface area contributed by atoms with Crippen molar-refractivity contribution in [3.8, 4) is 0 Å². The second-order valence-electron chi connectivity index (χ2n) is 19.3. The minimum absolute atomic E-state index is 0.0349. The van der Waals surface area contributed by atoms with Crippen molar-refractivity contribution in [1.82, 2.24) is 0 Å². The number of allylic oxidation sites excluding steroid dienone is 2. The Labute approximate surface area is 384 Å². The number of carbonyl (C=O) groups excluding carboxylic acids is 2. The van der Waals surface area contributed by atoms with E-state index < -0.39 is 26.5 Å². The molecule has 0 aliphatic heterocycles. The van der Waals surface area contributed by atoms with E-state index in [0.29, 0.717) is 23.9 Å². The van der Waals surface area contributed by atoms with Gasteiger partial charge in [0.1, 0.15) is 19.8 Å². The average molecular weight is 901 g/mol. The van der Waals surface area contributed by atoms with Crippen molar-refractivity contribution in [2.24, 2.45) is 0 Å². The summed E-state index contributed by atoms with van der Waals surface area (Å²) in [6.07, 6.45) is 49.7. The Balaban J connectivity index is 4.20. The van der Waals surface area contributed by atoms with Gasteiger partial charge in [0.2, 0.25) is 0 Å². The number of likely N-dealkylation sites (N-methyl/N-ethyl adjacent to an activating group) is 1. The molecule has 0 aromatic heterocycles. The lowest BCUT2D eigenvalue weighted by Crippen LogP contribution is -2.37. The highest BCUT2D eigenvalue weighted by atomic mass is 31.2. The van der Waals surface area contributed by atoms with Crippen molar-refractivity contribution in [1.29, 1.82) is 0 Å². The number of rotatable bonds is 49. The molecule has 1 unspecified atom stereocenters. The smallest absolute Gasteiger partial charge is 0.462 e. The Bertz CT molecular complexity index is 1060. The number of quaternary nitrogens is 1. The standard InChI is InChI=1S/C52H102NO8P/c1-6-8-10-12-14-16-18-20-22-24-26-28-30-32-34-36-38-40-42-44-51(54)58-48-50(49-60-62(56,57)59-47-46-53(3,4)5)61-52(55)45-43-41-39-37-35-33-31-29-27-25-23-21-19-17-15-13-11-9-7-2/h21,23,50H,6-20,22,24-49H2,1-5H3/p+1/b23-21-/t50-/m1/s1. The van der Waals surface area contributed by atoms with Crippen LogP contribution < -0.4 is 0 Å². The van der Waals surface area contributed by atoms with Gasteiger partial charge in [-0.1, -0.05) is 219 Å². The van der Waals surface area contributed by atoms with Crippen molar-refractivity contribution in [2.45, 2.75) is 264 Å². The van der Waals surface area contributed by atoms with Gasteiger partial charge in [-0.15, -0.1) is 0 Å². The molecule has 0 saturated heterocycles. The average Bonchev–Trinajstić information content (AvgIpc) is 3.23.